The topological polar surface area (TPSA) is 75.7 Å². The van der Waals surface area contributed by atoms with Gasteiger partial charge in [0.2, 0.25) is 5.91 Å². The molecule has 2 aromatic carbocycles. The van der Waals surface area contributed by atoms with Gasteiger partial charge in [-0.25, -0.2) is 8.42 Å². The van der Waals surface area contributed by atoms with E-state index in [0.717, 1.165) is 22.7 Å². The highest BCUT2D eigenvalue weighted by molar-refractivity contribution is 7.92. The van der Waals surface area contributed by atoms with E-state index in [0.29, 0.717) is 23.3 Å². The van der Waals surface area contributed by atoms with Gasteiger partial charge in [0.05, 0.1) is 17.7 Å². The van der Waals surface area contributed by atoms with Crippen molar-refractivity contribution in [1.29, 1.82) is 0 Å². The normalized spacial score (nSPS) is 22.7. The van der Waals surface area contributed by atoms with E-state index >= 15 is 0 Å². The summed E-state index contributed by atoms with van der Waals surface area (Å²) in [6.45, 7) is 1.61. The number of hydrogen-bond acceptors (Lipinski definition) is 4. The number of nitrogens with zero attached hydrogens (tertiary/aromatic N) is 1. The van der Waals surface area contributed by atoms with Crippen molar-refractivity contribution in [2.24, 2.45) is 11.8 Å². The summed E-state index contributed by atoms with van der Waals surface area (Å²) in [6, 6.07) is 13.7. The molecular weight excluding hydrogens is 400 g/mol. The maximum Gasteiger partial charge on any atom is 0.264 e. The molecule has 1 amide bonds. The van der Waals surface area contributed by atoms with Gasteiger partial charge in [0, 0.05) is 6.04 Å². The average molecular weight is 429 g/mol. The van der Waals surface area contributed by atoms with E-state index in [2.05, 4.69) is 5.32 Å². The lowest BCUT2D eigenvalue weighted by Crippen LogP contribution is -2.46. The van der Waals surface area contributed by atoms with Crippen molar-refractivity contribution < 1.29 is 17.9 Å². The number of hydrogen-bond donors (Lipinski definition) is 1. The molecule has 0 unspecified atom stereocenters. The Balaban J connectivity index is 1.63. The lowest BCUT2D eigenvalue weighted by molar-refractivity contribution is -0.120. The largest absolute Gasteiger partial charge is 0.495 e. The second-order valence-corrected chi connectivity index (χ2v) is 10.2. The molecule has 0 spiro atoms. The Morgan fingerprint density at radius 2 is 1.83 bits per heavy atom. The third kappa shape index (κ3) is 4.03. The van der Waals surface area contributed by atoms with Crippen LogP contribution in [-0.4, -0.2) is 34.0 Å². The smallest absolute Gasteiger partial charge is 0.264 e. The molecule has 2 aliphatic rings. The first kappa shape index (κ1) is 20.7. The number of benzene rings is 2. The number of carbonyl (C=O) groups excluding carboxylic acids is 1. The Hall–Kier alpha value is -2.54. The molecule has 0 saturated heterocycles. The minimum absolute atomic E-state index is 0.145. The second-order valence-electron chi connectivity index (χ2n) is 8.35. The molecule has 0 heterocycles. The van der Waals surface area contributed by atoms with Crippen molar-refractivity contribution in [3.05, 3.63) is 54.1 Å². The van der Waals surface area contributed by atoms with Crippen molar-refractivity contribution in [2.75, 3.05) is 18.0 Å². The highest BCUT2D eigenvalue weighted by Gasteiger charge is 2.40. The maximum atomic E-state index is 13.5. The molecule has 2 aliphatic carbocycles. The molecule has 2 bridgehead atoms. The number of fused-ring (bicyclic) bond motifs is 2. The van der Waals surface area contributed by atoms with Gasteiger partial charge in [-0.3, -0.25) is 9.10 Å². The van der Waals surface area contributed by atoms with Gasteiger partial charge < -0.3 is 10.1 Å². The van der Waals surface area contributed by atoms with Crippen LogP contribution in [0.4, 0.5) is 5.69 Å². The van der Waals surface area contributed by atoms with E-state index in [4.69, 9.17) is 4.74 Å². The standard InChI is InChI=1S/C23H28N2O4S/c1-16-7-11-19(12-8-16)30(27,28)25(21-5-3-4-6-22(21)29-2)15-23(26)24-20-14-17-9-10-18(20)13-17/h3-8,11-12,17-18,20H,9-10,13-15H2,1-2H3,(H,24,26)/t17-,18-,20+/m1/s1. The molecule has 30 heavy (non-hydrogen) atoms. The number of amides is 1. The molecule has 1 N–H and O–H groups in total. The van der Waals surface area contributed by atoms with E-state index in [-0.39, 0.29) is 23.4 Å². The highest BCUT2D eigenvalue weighted by Crippen LogP contribution is 2.44. The van der Waals surface area contributed by atoms with E-state index in [9.17, 15) is 13.2 Å². The molecule has 160 valence electrons. The molecule has 6 nitrogen and oxygen atoms in total. The van der Waals surface area contributed by atoms with Crippen LogP contribution in [0.3, 0.4) is 0 Å². The van der Waals surface area contributed by atoms with Gasteiger partial charge in [0.1, 0.15) is 12.3 Å². The van der Waals surface area contributed by atoms with Gasteiger partial charge in [-0.15, -0.1) is 0 Å². The van der Waals surface area contributed by atoms with Crippen LogP contribution in [0.5, 0.6) is 5.75 Å². The van der Waals surface area contributed by atoms with Crippen molar-refractivity contribution in [3.63, 3.8) is 0 Å². The zero-order valence-electron chi connectivity index (χ0n) is 17.4. The highest BCUT2D eigenvalue weighted by atomic mass is 32.2. The van der Waals surface area contributed by atoms with Crippen LogP contribution < -0.4 is 14.4 Å². The van der Waals surface area contributed by atoms with Crippen LogP contribution in [0.15, 0.2) is 53.4 Å². The summed E-state index contributed by atoms with van der Waals surface area (Å²) in [7, 11) is -2.46. The Kier molecular flexibility index (Phi) is 5.73. The van der Waals surface area contributed by atoms with Gasteiger partial charge in [0.15, 0.2) is 0 Å². The molecule has 3 atom stereocenters. The fourth-order valence-electron chi connectivity index (χ4n) is 4.78. The van der Waals surface area contributed by atoms with E-state index < -0.39 is 10.0 Å². The van der Waals surface area contributed by atoms with Gasteiger partial charge in [-0.05, 0) is 62.3 Å². The molecule has 0 radical (unpaired) electrons. The third-order valence-electron chi connectivity index (χ3n) is 6.33. The van der Waals surface area contributed by atoms with E-state index in [1.807, 2.05) is 6.92 Å². The number of anilines is 1. The van der Waals surface area contributed by atoms with E-state index in [1.54, 1.807) is 48.5 Å². The summed E-state index contributed by atoms with van der Waals surface area (Å²) in [5, 5.41) is 3.09. The lowest BCUT2D eigenvalue weighted by atomic mass is 9.95. The number of nitrogens with one attached hydrogen (secondary N) is 1. The van der Waals surface area contributed by atoms with Crippen LogP contribution in [0.2, 0.25) is 0 Å². The quantitative estimate of drug-likeness (QED) is 0.732. The zero-order valence-corrected chi connectivity index (χ0v) is 18.2. The number of para-hydroxylation sites is 2. The van der Waals surface area contributed by atoms with Crippen molar-refractivity contribution >= 4 is 21.6 Å². The van der Waals surface area contributed by atoms with Crippen LogP contribution in [0.25, 0.3) is 0 Å². The number of rotatable bonds is 7. The number of methoxy groups -OCH3 is 1. The Bertz CT molecular complexity index is 1020. The molecular formula is C23H28N2O4S. The minimum Gasteiger partial charge on any atom is -0.495 e. The molecule has 7 heteroatoms. The van der Waals surface area contributed by atoms with Gasteiger partial charge in [0.25, 0.3) is 10.0 Å². The Morgan fingerprint density at radius 3 is 2.47 bits per heavy atom. The number of sulfonamides is 1. The summed E-state index contributed by atoms with van der Waals surface area (Å²) in [5.41, 5.74) is 1.32. The second kappa shape index (κ2) is 8.30. The predicted octanol–water partition coefficient (Wildman–Crippen LogP) is 3.50. The van der Waals surface area contributed by atoms with Gasteiger partial charge >= 0.3 is 0 Å². The summed E-state index contributed by atoms with van der Waals surface area (Å²) >= 11 is 0. The fraction of sp³-hybridized carbons (Fsp3) is 0.435. The Morgan fingerprint density at radius 1 is 1.10 bits per heavy atom. The third-order valence-corrected chi connectivity index (χ3v) is 8.11. The molecule has 4 rings (SSSR count). The first-order chi connectivity index (χ1) is 14.4. The maximum absolute atomic E-state index is 13.5. The van der Waals surface area contributed by atoms with Crippen LogP contribution >= 0.6 is 0 Å². The molecule has 0 aliphatic heterocycles. The van der Waals surface area contributed by atoms with Gasteiger partial charge in [-0.2, -0.15) is 0 Å². The van der Waals surface area contributed by atoms with Crippen molar-refractivity contribution in [2.45, 2.75) is 43.5 Å². The average Bonchev–Trinajstić information content (AvgIpc) is 3.35. The number of aryl methyl sites for hydroxylation is 1. The van der Waals surface area contributed by atoms with E-state index in [1.165, 1.54) is 20.0 Å². The van der Waals surface area contributed by atoms with Crippen LogP contribution in [0.1, 0.15) is 31.2 Å². The first-order valence-corrected chi connectivity index (χ1v) is 11.8. The monoisotopic (exact) mass is 428 g/mol. The van der Waals surface area contributed by atoms with Crippen molar-refractivity contribution in [3.8, 4) is 5.75 Å². The lowest BCUT2D eigenvalue weighted by Gasteiger charge is -2.28. The van der Waals surface area contributed by atoms with Crippen LogP contribution in [-0.2, 0) is 14.8 Å². The summed E-state index contributed by atoms with van der Waals surface area (Å²) < 4.78 is 33.6. The predicted molar refractivity (Wildman–Crippen MR) is 116 cm³/mol. The van der Waals surface area contributed by atoms with Gasteiger partial charge in [-0.1, -0.05) is 36.2 Å². The zero-order chi connectivity index (χ0) is 21.3. The van der Waals surface area contributed by atoms with Crippen LogP contribution in [0, 0.1) is 18.8 Å². The molecule has 2 aromatic rings. The first-order valence-electron chi connectivity index (χ1n) is 10.4. The molecule has 2 fully saturated rings. The van der Waals surface area contributed by atoms with Crippen molar-refractivity contribution in [1.82, 2.24) is 5.32 Å². The Labute approximate surface area is 178 Å². The summed E-state index contributed by atoms with van der Waals surface area (Å²) in [5.74, 6) is 1.34. The minimum atomic E-state index is -3.95. The SMILES string of the molecule is COc1ccccc1N(CC(=O)N[C@H]1C[C@@H]2CC[C@@H]1C2)S(=O)(=O)c1ccc(C)cc1. The number of carbonyl (C=O) groups is 1. The fourth-order valence-corrected chi connectivity index (χ4v) is 6.21. The summed E-state index contributed by atoms with van der Waals surface area (Å²) in [6.07, 6.45) is 4.55. The molecule has 0 aromatic heterocycles. The molecule has 2 saturated carbocycles. The number of ether oxygens (including phenoxy) is 1. The summed E-state index contributed by atoms with van der Waals surface area (Å²) in [4.78, 5) is 13.1.